The van der Waals surface area contributed by atoms with Crippen LogP contribution < -0.4 is 0 Å². The van der Waals surface area contributed by atoms with Gasteiger partial charge in [-0.2, -0.15) is 0 Å². The molecule has 0 rings (SSSR count). The summed E-state index contributed by atoms with van der Waals surface area (Å²) >= 11 is 0. The van der Waals surface area contributed by atoms with Crippen LogP contribution in [0.2, 0.25) is 0 Å². The second kappa shape index (κ2) is 16.5. The average Bonchev–Trinajstić information content (AvgIpc) is 2.25. The molecule has 2 nitrogen and oxygen atoms in total. The Hall–Kier alpha value is 0.535. The summed E-state index contributed by atoms with van der Waals surface area (Å²) in [6.07, 6.45) is 15.4. The van der Waals surface area contributed by atoms with Gasteiger partial charge in [0.05, 0.1) is 0 Å². The van der Waals surface area contributed by atoms with Crippen LogP contribution in [0.4, 0.5) is 0 Å². The van der Waals surface area contributed by atoms with E-state index in [2.05, 4.69) is 19.1 Å². The van der Waals surface area contributed by atoms with Gasteiger partial charge < -0.3 is 5.11 Å². The molecule has 0 aromatic carbocycles. The second-order valence-corrected chi connectivity index (χ2v) is 4.31. The number of allylic oxidation sites excluding steroid dienone is 2. The molecule has 0 saturated carbocycles. The van der Waals surface area contributed by atoms with E-state index in [-0.39, 0.29) is 39.9 Å². The van der Waals surface area contributed by atoms with E-state index in [0.29, 0.717) is 6.42 Å². The van der Waals surface area contributed by atoms with Crippen LogP contribution in [0.3, 0.4) is 0 Å². The Morgan fingerprint density at radius 1 is 0.941 bits per heavy atom. The number of hydrogen-bond donors (Lipinski definition) is 1. The Kier molecular flexibility index (Phi) is 19.3. The third kappa shape index (κ3) is 19.1. The molecule has 0 fully saturated rings. The van der Waals surface area contributed by atoms with Gasteiger partial charge in [0.25, 0.3) is 0 Å². The van der Waals surface area contributed by atoms with E-state index < -0.39 is 5.97 Å². The number of carboxylic acids is 1. The van der Waals surface area contributed by atoms with Crippen molar-refractivity contribution in [3.8, 4) is 0 Å². The summed E-state index contributed by atoms with van der Waals surface area (Å²) in [6, 6.07) is 0. The molecule has 0 aliphatic heterocycles. The van der Waals surface area contributed by atoms with Gasteiger partial charge in [0.1, 0.15) is 0 Å². The van der Waals surface area contributed by atoms with E-state index in [1.807, 2.05) is 0 Å². The van der Waals surface area contributed by atoms with E-state index in [1.165, 1.54) is 44.9 Å². The largest absolute Gasteiger partial charge is 0.481 e. The summed E-state index contributed by atoms with van der Waals surface area (Å²) < 4.78 is 0. The molecule has 0 saturated heterocycles. The summed E-state index contributed by atoms with van der Waals surface area (Å²) in [7, 11) is 0. The Labute approximate surface area is 138 Å². The quantitative estimate of drug-likeness (QED) is 0.420. The molecule has 0 atom stereocenters. The van der Waals surface area contributed by atoms with Crippen LogP contribution in [0.25, 0.3) is 0 Å². The van der Waals surface area contributed by atoms with Gasteiger partial charge in [-0.25, -0.2) is 0 Å². The molecule has 0 aliphatic rings. The monoisotopic (exact) mass is 384 g/mol. The van der Waals surface area contributed by atoms with Crippen LogP contribution in [0.1, 0.15) is 71.1 Å². The predicted molar refractivity (Wildman–Crippen MR) is 68.6 cm³/mol. The Bertz CT molecular complexity index is 191. The van der Waals surface area contributed by atoms with Crippen molar-refractivity contribution in [1.29, 1.82) is 0 Å². The van der Waals surface area contributed by atoms with E-state index in [0.717, 1.165) is 12.8 Å². The minimum Gasteiger partial charge on any atom is -0.481 e. The van der Waals surface area contributed by atoms with E-state index >= 15 is 0 Å². The summed E-state index contributed by atoms with van der Waals surface area (Å²) in [5.41, 5.74) is 0. The summed E-state index contributed by atoms with van der Waals surface area (Å²) in [5, 5.41) is 8.45. The number of hydrogen-bond acceptors (Lipinski definition) is 1. The van der Waals surface area contributed by atoms with Crippen LogP contribution in [0.5, 0.6) is 0 Å². The number of rotatable bonds is 11. The maximum atomic E-state index is 10.3. The van der Waals surface area contributed by atoms with Crippen LogP contribution in [0, 0.1) is 39.9 Å². The van der Waals surface area contributed by atoms with E-state index in [1.54, 1.807) is 0 Å². The van der Waals surface area contributed by atoms with Gasteiger partial charge in [0, 0.05) is 46.4 Å². The Balaban J connectivity index is 0. The standard InChI is InChI=1S/C14H26O2.Gd/c1-2-3-4-5-6-7-8-9-10-11-12-13-14(15)16;/h5-6H,2-4,7-13H2,1H3,(H,15,16);. The zero-order valence-corrected chi connectivity index (χ0v) is 13.2. The first-order valence-electron chi connectivity index (χ1n) is 6.64. The van der Waals surface area contributed by atoms with Gasteiger partial charge in [-0.3, -0.25) is 4.79 Å². The number of unbranched alkanes of at least 4 members (excludes halogenated alkanes) is 7. The van der Waals surface area contributed by atoms with Crippen molar-refractivity contribution in [2.75, 3.05) is 0 Å². The van der Waals surface area contributed by atoms with Crippen molar-refractivity contribution < 1.29 is 49.8 Å². The fourth-order valence-electron chi connectivity index (χ4n) is 1.63. The SMILES string of the molecule is CCCCC=CCCCCCCCC(=O)O.[Gd]. The molecular weight excluding hydrogens is 357 g/mol. The summed E-state index contributed by atoms with van der Waals surface area (Å²) in [5.74, 6) is -0.668. The molecule has 3 heteroatoms. The Morgan fingerprint density at radius 3 is 2.06 bits per heavy atom. The minimum absolute atomic E-state index is 0. The average molecular weight is 384 g/mol. The Morgan fingerprint density at radius 2 is 1.47 bits per heavy atom. The molecule has 0 spiro atoms. The van der Waals surface area contributed by atoms with Crippen molar-refractivity contribution >= 4 is 5.97 Å². The van der Waals surface area contributed by atoms with Crippen LogP contribution >= 0.6 is 0 Å². The maximum Gasteiger partial charge on any atom is 0.303 e. The van der Waals surface area contributed by atoms with Gasteiger partial charge in [-0.15, -0.1) is 0 Å². The number of carbonyl (C=O) groups is 1. The van der Waals surface area contributed by atoms with Crippen molar-refractivity contribution in [3.63, 3.8) is 0 Å². The minimum atomic E-state index is -0.668. The topological polar surface area (TPSA) is 37.3 Å². The van der Waals surface area contributed by atoms with Crippen LogP contribution in [-0.2, 0) is 4.79 Å². The molecule has 0 aromatic rings. The molecule has 17 heavy (non-hydrogen) atoms. The molecule has 0 bridgehead atoms. The zero-order chi connectivity index (χ0) is 12.1. The summed E-state index contributed by atoms with van der Waals surface area (Å²) in [6.45, 7) is 2.21. The summed E-state index contributed by atoms with van der Waals surface area (Å²) in [4.78, 5) is 10.3. The van der Waals surface area contributed by atoms with Crippen molar-refractivity contribution in [2.24, 2.45) is 0 Å². The van der Waals surface area contributed by atoms with Crippen LogP contribution in [0.15, 0.2) is 12.2 Å². The molecule has 0 radical (unpaired) electrons. The molecule has 0 aliphatic carbocycles. The molecule has 102 valence electrons. The van der Waals surface area contributed by atoms with E-state index in [4.69, 9.17) is 5.11 Å². The van der Waals surface area contributed by atoms with Gasteiger partial charge in [-0.1, -0.05) is 51.2 Å². The maximum absolute atomic E-state index is 10.3. The third-order valence-corrected chi connectivity index (χ3v) is 2.65. The second-order valence-electron chi connectivity index (χ2n) is 4.31. The third-order valence-electron chi connectivity index (χ3n) is 2.65. The smallest absolute Gasteiger partial charge is 0.303 e. The van der Waals surface area contributed by atoms with Crippen LogP contribution in [-0.4, -0.2) is 11.1 Å². The van der Waals surface area contributed by atoms with Crippen molar-refractivity contribution in [1.82, 2.24) is 0 Å². The van der Waals surface area contributed by atoms with E-state index in [9.17, 15) is 4.79 Å². The zero-order valence-electron chi connectivity index (χ0n) is 10.9. The fraction of sp³-hybridized carbons (Fsp3) is 0.786. The first-order chi connectivity index (χ1) is 7.77. The first-order valence-corrected chi connectivity index (χ1v) is 6.64. The molecule has 0 amide bonds. The predicted octanol–water partition coefficient (Wildman–Crippen LogP) is 4.55. The molecule has 0 aromatic heterocycles. The van der Waals surface area contributed by atoms with Gasteiger partial charge in [0.2, 0.25) is 0 Å². The normalized spacial score (nSPS) is 10.4. The van der Waals surface area contributed by atoms with Crippen molar-refractivity contribution in [2.45, 2.75) is 71.1 Å². The molecular formula is C14H26GdO2. The first kappa shape index (κ1) is 19.9. The van der Waals surface area contributed by atoms with Gasteiger partial charge in [0.15, 0.2) is 0 Å². The van der Waals surface area contributed by atoms with Gasteiger partial charge >= 0.3 is 5.97 Å². The van der Waals surface area contributed by atoms with Gasteiger partial charge in [-0.05, 0) is 25.7 Å². The number of carboxylic acid groups (broad SMARTS) is 1. The molecule has 0 heterocycles. The molecule has 0 unspecified atom stereocenters. The van der Waals surface area contributed by atoms with Crippen molar-refractivity contribution in [3.05, 3.63) is 12.2 Å². The fourth-order valence-corrected chi connectivity index (χ4v) is 1.63. The molecule has 1 N–H and O–H groups in total. The number of aliphatic carboxylic acids is 1.